The predicted molar refractivity (Wildman–Crippen MR) is 31.5 cm³/mol. The highest BCUT2D eigenvalue weighted by atomic mass is 32.2. The fourth-order valence-electron chi connectivity index (χ4n) is 0.565. The van der Waals surface area contributed by atoms with Gasteiger partial charge in [0.15, 0.2) is 9.84 Å². The molecule has 0 bridgehead atoms. The second-order valence-corrected chi connectivity index (χ2v) is 4.44. The first-order valence-corrected chi connectivity index (χ1v) is 4.46. The molecule has 0 spiro atoms. The highest BCUT2D eigenvalue weighted by molar-refractivity contribution is 7.91. The summed E-state index contributed by atoms with van der Waals surface area (Å²) in [7, 11) is -2.73. The number of hydrogen-bond donors (Lipinski definition) is 1. The van der Waals surface area contributed by atoms with Crippen LogP contribution in [0.25, 0.3) is 0 Å². The van der Waals surface area contributed by atoms with E-state index in [1.165, 1.54) is 6.26 Å². The molecule has 0 saturated carbocycles. The summed E-state index contributed by atoms with van der Waals surface area (Å²) in [5.74, 6) is 0. The first-order chi connectivity index (χ1) is 3.61. The highest BCUT2D eigenvalue weighted by Crippen LogP contribution is 2.02. The molecule has 48 valence electrons. The van der Waals surface area contributed by atoms with Crippen LogP contribution in [0.4, 0.5) is 0 Å². The molecular formula is C4H9NO2S. The molecule has 0 unspecified atom stereocenters. The normalized spacial score (nSPS) is 22.6. The Morgan fingerprint density at radius 1 is 1.50 bits per heavy atom. The van der Waals surface area contributed by atoms with Gasteiger partial charge in [0.2, 0.25) is 0 Å². The molecule has 1 fully saturated rings. The van der Waals surface area contributed by atoms with Crippen LogP contribution >= 0.6 is 0 Å². The summed E-state index contributed by atoms with van der Waals surface area (Å²) >= 11 is 0. The Bertz CT molecular complexity index is 168. The monoisotopic (exact) mass is 135 g/mol. The minimum Gasteiger partial charge on any atom is -0.314 e. The predicted octanol–water partition coefficient (Wildman–Crippen LogP) is -0.997. The zero-order valence-electron chi connectivity index (χ0n) is 4.72. The van der Waals surface area contributed by atoms with Crippen molar-refractivity contribution in [3.63, 3.8) is 0 Å². The molecule has 0 amide bonds. The molecule has 3 nitrogen and oxygen atoms in total. The summed E-state index contributed by atoms with van der Waals surface area (Å²) in [4.78, 5) is 0. The van der Waals surface area contributed by atoms with E-state index in [2.05, 4.69) is 5.32 Å². The lowest BCUT2D eigenvalue weighted by Gasteiger charge is -2.24. The minimum atomic E-state index is -2.73. The molecule has 0 atom stereocenters. The lowest BCUT2D eigenvalue weighted by Crippen LogP contribution is -2.51. The zero-order valence-corrected chi connectivity index (χ0v) is 5.53. The van der Waals surface area contributed by atoms with E-state index in [1.807, 2.05) is 0 Å². The van der Waals surface area contributed by atoms with Gasteiger partial charge in [0.05, 0.1) is 5.25 Å². The van der Waals surface area contributed by atoms with Crippen LogP contribution in [0.2, 0.25) is 0 Å². The summed E-state index contributed by atoms with van der Waals surface area (Å²) in [6.45, 7) is 1.28. The molecule has 1 heterocycles. The molecule has 0 aliphatic carbocycles. The number of nitrogens with one attached hydrogen (secondary N) is 1. The summed E-state index contributed by atoms with van der Waals surface area (Å²) in [5.41, 5.74) is 0. The largest absolute Gasteiger partial charge is 0.314 e. The SMILES string of the molecule is CS(=O)(=O)C1CNC1. The first kappa shape index (κ1) is 6.04. The Hall–Kier alpha value is -0.0900. The van der Waals surface area contributed by atoms with E-state index in [0.717, 1.165) is 0 Å². The van der Waals surface area contributed by atoms with E-state index >= 15 is 0 Å². The van der Waals surface area contributed by atoms with Crippen molar-refractivity contribution in [3.05, 3.63) is 0 Å². The van der Waals surface area contributed by atoms with Gasteiger partial charge in [-0.05, 0) is 0 Å². The van der Waals surface area contributed by atoms with Crippen molar-refractivity contribution in [1.29, 1.82) is 0 Å². The maximum atomic E-state index is 10.6. The van der Waals surface area contributed by atoms with Crippen molar-refractivity contribution in [2.75, 3.05) is 19.3 Å². The number of rotatable bonds is 1. The average Bonchev–Trinajstić information content (AvgIpc) is 1.16. The van der Waals surface area contributed by atoms with Gasteiger partial charge < -0.3 is 5.32 Å². The van der Waals surface area contributed by atoms with Gasteiger partial charge in [0.1, 0.15) is 0 Å². The molecule has 1 aliphatic rings. The van der Waals surface area contributed by atoms with Gasteiger partial charge in [-0.1, -0.05) is 0 Å². The molecule has 1 aliphatic heterocycles. The Morgan fingerprint density at radius 2 is 2.00 bits per heavy atom. The fraction of sp³-hybridized carbons (Fsp3) is 1.00. The van der Waals surface area contributed by atoms with E-state index in [4.69, 9.17) is 0 Å². The van der Waals surface area contributed by atoms with Gasteiger partial charge in [0, 0.05) is 19.3 Å². The second-order valence-electron chi connectivity index (χ2n) is 2.11. The molecular weight excluding hydrogens is 126 g/mol. The molecule has 8 heavy (non-hydrogen) atoms. The van der Waals surface area contributed by atoms with Crippen molar-refractivity contribution in [2.45, 2.75) is 5.25 Å². The molecule has 0 aromatic heterocycles. The van der Waals surface area contributed by atoms with Gasteiger partial charge in [0.25, 0.3) is 0 Å². The van der Waals surface area contributed by atoms with Crippen LogP contribution < -0.4 is 5.32 Å². The number of hydrogen-bond acceptors (Lipinski definition) is 3. The van der Waals surface area contributed by atoms with E-state index in [0.29, 0.717) is 13.1 Å². The Kier molecular flexibility index (Phi) is 1.28. The zero-order chi connectivity index (χ0) is 6.20. The standard InChI is InChI=1S/C4H9NO2S/c1-8(6,7)4-2-5-3-4/h4-5H,2-3H2,1H3. The Morgan fingerprint density at radius 3 is 2.00 bits per heavy atom. The van der Waals surface area contributed by atoms with Gasteiger partial charge >= 0.3 is 0 Å². The number of sulfone groups is 1. The van der Waals surface area contributed by atoms with Gasteiger partial charge in [-0.3, -0.25) is 0 Å². The van der Waals surface area contributed by atoms with Gasteiger partial charge in [-0.25, -0.2) is 8.42 Å². The molecule has 1 saturated heterocycles. The van der Waals surface area contributed by atoms with Crippen LogP contribution in [0.15, 0.2) is 0 Å². The molecule has 0 radical (unpaired) electrons. The van der Waals surface area contributed by atoms with E-state index in [1.54, 1.807) is 0 Å². The second kappa shape index (κ2) is 1.70. The quantitative estimate of drug-likeness (QED) is 0.502. The maximum Gasteiger partial charge on any atom is 0.152 e. The Balaban J connectivity index is 2.60. The lowest BCUT2D eigenvalue weighted by molar-refractivity contribution is 0.499. The molecule has 1 N–H and O–H groups in total. The third kappa shape index (κ3) is 1.00. The molecule has 0 aromatic rings. The minimum absolute atomic E-state index is 0.109. The summed E-state index contributed by atoms with van der Waals surface area (Å²) < 4.78 is 21.1. The third-order valence-corrected chi connectivity index (χ3v) is 2.89. The average molecular weight is 135 g/mol. The Labute approximate surface area is 49.0 Å². The summed E-state index contributed by atoms with van der Waals surface area (Å²) in [5, 5.41) is 2.78. The topological polar surface area (TPSA) is 46.2 Å². The molecule has 1 rings (SSSR count). The maximum absolute atomic E-state index is 10.6. The van der Waals surface area contributed by atoms with Crippen molar-refractivity contribution in [3.8, 4) is 0 Å². The van der Waals surface area contributed by atoms with Crippen molar-refractivity contribution in [1.82, 2.24) is 5.32 Å². The smallest absolute Gasteiger partial charge is 0.152 e. The third-order valence-electron chi connectivity index (χ3n) is 1.35. The van der Waals surface area contributed by atoms with Crippen molar-refractivity contribution in [2.24, 2.45) is 0 Å². The first-order valence-electron chi connectivity index (χ1n) is 2.50. The van der Waals surface area contributed by atoms with Crippen molar-refractivity contribution >= 4 is 9.84 Å². The lowest BCUT2D eigenvalue weighted by atomic mass is 10.3. The van der Waals surface area contributed by atoms with E-state index < -0.39 is 9.84 Å². The van der Waals surface area contributed by atoms with Gasteiger partial charge in [-0.15, -0.1) is 0 Å². The molecule has 4 heteroatoms. The van der Waals surface area contributed by atoms with E-state index in [-0.39, 0.29) is 5.25 Å². The van der Waals surface area contributed by atoms with E-state index in [9.17, 15) is 8.42 Å². The van der Waals surface area contributed by atoms with Crippen molar-refractivity contribution < 1.29 is 8.42 Å². The van der Waals surface area contributed by atoms with Crippen LogP contribution in [0.3, 0.4) is 0 Å². The van der Waals surface area contributed by atoms with Crippen LogP contribution in [0, 0.1) is 0 Å². The highest BCUT2D eigenvalue weighted by Gasteiger charge is 2.26. The van der Waals surface area contributed by atoms with Crippen LogP contribution in [0.5, 0.6) is 0 Å². The molecule has 0 aromatic carbocycles. The summed E-state index contributed by atoms with van der Waals surface area (Å²) in [6, 6.07) is 0. The van der Waals surface area contributed by atoms with Crippen LogP contribution in [0.1, 0.15) is 0 Å². The van der Waals surface area contributed by atoms with Crippen LogP contribution in [-0.4, -0.2) is 33.0 Å². The summed E-state index contributed by atoms with van der Waals surface area (Å²) in [6.07, 6.45) is 1.28. The van der Waals surface area contributed by atoms with Gasteiger partial charge in [-0.2, -0.15) is 0 Å². The van der Waals surface area contributed by atoms with Crippen LogP contribution in [-0.2, 0) is 9.84 Å². The fourth-order valence-corrected chi connectivity index (χ4v) is 1.41.